The molecule has 3 aromatic rings. The first kappa shape index (κ1) is 21.6. The van der Waals surface area contributed by atoms with Crippen molar-refractivity contribution >= 4 is 17.2 Å². The van der Waals surface area contributed by atoms with Crippen molar-refractivity contribution in [3.63, 3.8) is 0 Å². The molecule has 162 valence electrons. The van der Waals surface area contributed by atoms with Crippen molar-refractivity contribution in [2.75, 3.05) is 6.54 Å². The van der Waals surface area contributed by atoms with E-state index >= 15 is 0 Å². The van der Waals surface area contributed by atoms with Crippen molar-refractivity contribution in [1.82, 2.24) is 4.90 Å². The Morgan fingerprint density at radius 1 is 0.935 bits per heavy atom. The second-order valence-electron chi connectivity index (χ2n) is 8.90. The maximum atomic E-state index is 13.5. The highest BCUT2D eigenvalue weighted by Gasteiger charge is 2.35. The van der Waals surface area contributed by atoms with Crippen LogP contribution >= 0.6 is 11.3 Å². The Kier molecular flexibility index (Phi) is 5.46. The minimum atomic E-state index is -4.39. The Bertz CT molecular complexity index is 1080. The van der Waals surface area contributed by atoms with Gasteiger partial charge >= 0.3 is 6.18 Å². The average Bonchev–Trinajstić information content (AvgIpc) is 3.20. The van der Waals surface area contributed by atoms with Crippen LogP contribution in [0.1, 0.15) is 64.3 Å². The molecule has 0 spiro atoms. The highest BCUT2D eigenvalue weighted by molar-refractivity contribution is 7.10. The fourth-order valence-electron chi connectivity index (χ4n) is 4.03. The summed E-state index contributed by atoms with van der Waals surface area (Å²) in [6, 6.07) is 14.4. The van der Waals surface area contributed by atoms with Gasteiger partial charge in [-0.25, -0.2) is 0 Å². The van der Waals surface area contributed by atoms with E-state index in [9.17, 15) is 18.0 Å². The molecule has 0 unspecified atom stereocenters. The maximum absolute atomic E-state index is 13.5. The number of rotatable bonds is 2. The highest BCUT2D eigenvalue weighted by atomic mass is 32.1. The largest absolute Gasteiger partial charge is 0.416 e. The van der Waals surface area contributed by atoms with E-state index in [-0.39, 0.29) is 11.3 Å². The van der Waals surface area contributed by atoms with Gasteiger partial charge in [-0.3, -0.25) is 4.79 Å². The van der Waals surface area contributed by atoms with Crippen LogP contribution in [-0.2, 0) is 18.0 Å². The summed E-state index contributed by atoms with van der Waals surface area (Å²) in [7, 11) is 0. The van der Waals surface area contributed by atoms with Crippen molar-refractivity contribution in [2.45, 2.75) is 44.8 Å². The standard InChI is InChI=1S/C25H24F3NOS/c1-24(2,3)18-8-6-17(7-9-18)23(30)29-14-12-21-20(13-15-31-21)22(29)16-4-10-19(11-5-16)25(26,27)28/h4-11,13,15,22H,12,14H2,1-3H3/t22-/m0/s1. The molecular formula is C25H24F3NOS. The Labute approximate surface area is 184 Å². The van der Waals surface area contributed by atoms with Gasteiger partial charge in [-0.15, -0.1) is 11.3 Å². The van der Waals surface area contributed by atoms with Crippen LogP contribution in [0.5, 0.6) is 0 Å². The zero-order valence-electron chi connectivity index (χ0n) is 17.7. The number of halogens is 3. The molecule has 1 aromatic heterocycles. The lowest BCUT2D eigenvalue weighted by Gasteiger charge is -2.36. The fraction of sp³-hybridized carbons (Fsp3) is 0.320. The van der Waals surface area contributed by atoms with Crippen molar-refractivity contribution in [2.24, 2.45) is 0 Å². The smallest absolute Gasteiger partial charge is 0.327 e. The van der Waals surface area contributed by atoms with E-state index < -0.39 is 17.8 Å². The van der Waals surface area contributed by atoms with Crippen molar-refractivity contribution in [1.29, 1.82) is 0 Å². The average molecular weight is 444 g/mol. The zero-order valence-corrected chi connectivity index (χ0v) is 18.5. The third-order valence-corrected chi connectivity index (χ3v) is 6.77. The van der Waals surface area contributed by atoms with Crippen LogP contribution in [0.25, 0.3) is 0 Å². The third-order valence-electron chi connectivity index (χ3n) is 5.78. The summed E-state index contributed by atoms with van der Waals surface area (Å²) in [5.41, 5.74) is 2.71. The minimum absolute atomic E-state index is 0.0129. The van der Waals surface area contributed by atoms with E-state index in [4.69, 9.17) is 0 Å². The first-order valence-electron chi connectivity index (χ1n) is 10.2. The molecule has 0 saturated heterocycles. The lowest BCUT2D eigenvalue weighted by Crippen LogP contribution is -2.40. The van der Waals surface area contributed by atoms with Gasteiger partial charge in [0.2, 0.25) is 0 Å². The number of alkyl halides is 3. The predicted molar refractivity (Wildman–Crippen MR) is 117 cm³/mol. The van der Waals surface area contributed by atoms with Crippen LogP contribution < -0.4 is 0 Å². The van der Waals surface area contributed by atoms with Crippen LogP contribution in [0.4, 0.5) is 13.2 Å². The summed E-state index contributed by atoms with van der Waals surface area (Å²) in [5, 5.41) is 1.98. The summed E-state index contributed by atoms with van der Waals surface area (Å²) in [6.07, 6.45) is -3.64. The quantitative estimate of drug-likeness (QED) is 0.424. The third kappa shape index (κ3) is 4.26. The molecule has 2 aromatic carbocycles. The van der Waals surface area contributed by atoms with Crippen molar-refractivity contribution in [3.8, 4) is 0 Å². The number of benzene rings is 2. The summed E-state index contributed by atoms with van der Waals surface area (Å²) < 4.78 is 39.1. The van der Waals surface area contributed by atoms with Gasteiger partial charge in [0.1, 0.15) is 0 Å². The van der Waals surface area contributed by atoms with Crippen LogP contribution in [0.2, 0.25) is 0 Å². The lowest BCUT2D eigenvalue weighted by atomic mass is 9.86. The molecule has 2 heterocycles. The number of carbonyl (C=O) groups is 1. The topological polar surface area (TPSA) is 20.3 Å². The van der Waals surface area contributed by atoms with Gasteiger partial charge in [0.25, 0.3) is 5.91 Å². The molecule has 1 aliphatic rings. The Hall–Kier alpha value is -2.60. The monoisotopic (exact) mass is 443 g/mol. The van der Waals surface area contributed by atoms with E-state index in [0.29, 0.717) is 17.7 Å². The van der Waals surface area contributed by atoms with Gasteiger partial charge in [-0.1, -0.05) is 45.0 Å². The number of carbonyl (C=O) groups excluding carboxylic acids is 1. The summed E-state index contributed by atoms with van der Waals surface area (Å²) in [6.45, 7) is 6.88. The van der Waals surface area contributed by atoms with Crippen molar-refractivity contribution < 1.29 is 18.0 Å². The lowest BCUT2D eigenvalue weighted by molar-refractivity contribution is -0.137. The van der Waals surface area contributed by atoms with E-state index in [1.165, 1.54) is 17.0 Å². The normalized spacial score (nSPS) is 16.8. The summed E-state index contributed by atoms with van der Waals surface area (Å²) in [4.78, 5) is 16.4. The molecule has 0 radical (unpaired) electrons. The second-order valence-corrected chi connectivity index (χ2v) is 9.90. The second kappa shape index (κ2) is 7.83. The first-order chi connectivity index (χ1) is 14.6. The molecule has 0 saturated carbocycles. The molecule has 0 N–H and O–H groups in total. The first-order valence-corrected chi connectivity index (χ1v) is 11.1. The number of hydrogen-bond acceptors (Lipinski definition) is 2. The van der Waals surface area contributed by atoms with Crippen LogP contribution in [0.15, 0.2) is 60.0 Å². The molecule has 0 bridgehead atoms. The van der Waals surface area contributed by atoms with Crippen molar-refractivity contribution in [3.05, 3.63) is 92.7 Å². The van der Waals surface area contributed by atoms with E-state index in [2.05, 4.69) is 20.8 Å². The van der Waals surface area contributed by atoms with Gasteiger partial charge in [0.15, 0.2) is 0 Å². The van der Waals surface area contributed by atoms with Gasteiger partial charge in [0.05, 0.1) is 11.6 Å². The molecule has 0 aliphatic carbocycles. The van der Waals surface area contributed by atoms with Crippen LogP contribution in [0, 0.1) is 0 Å². The van der Waals surface area contributed by atoms with Crippen LogP contribution in [0.3, 0.4) is 0 Å². The SMILES string of the molecule is CC(C)(C)c1ccc(C(=O)N2CCc3sccc3[C@@H]2c2ccc(C(F)(F)F)cc2)cc1. The summed E-state index contributed by atoms with van der Waals surface area (Å²) in [5.74, 6) is -0.109. The van der Waals surface area contributed by atoms with Gasteiger partial charge in [-0.2, -0.15) is 13.2 Å². The molecule has 1 aliphatic heterocycles. The summed E-state index contributed by atoms with van der Waals surface area (Å²) >= 11 is 1.63. The molecule has 1 atom stereocenters. The highest BCUT2D eigenvalue weighted by Crippen LogP contribution is 2.39. The number of hydrogen-bond donors (Lipinski definition) is 0. The van der Waals surface area contributed by atoms with Crippen LogP contribution in [-0.4, -0.2) is 17.4 Å². The maximum Gasteiger partial charge on any atom is 0.416 e. The number of nitrogens with zero attached hydrogens (tertiary/aromatic N) is 1. The van der Waals surface area contributed by atoms with E-state index in [0.717, 1.165) is 29.7 Å². The van der Waals surface area contributed by atoms with E-state index in [1.807, 2.05) is 35.7 Å². The molecule has 31 heavy (non-hydrogen) atoms. The zero-order chi connectivity index (χ0) is 22.4. The molecule has 6 heteroatoms. The van der Waals surface area contributed by atoms with Gasteiger partial charge in [-0.05, 0) is 64.2 Å². The molecular weight excluding hydrogens is 419 g/mol. The van der Waals surface area contributed by atoms with Gasteiger partial charge < -0.3 is 4.90 Å². The molecule has 0 fully saturated rings. The predicted octanol–water partition coefficient (Wildman–Crippen LogP) is 6.85. The fourth-order valence-corrected chi connectivity index (χ4v) is 4.93. The number of amides is 1. The Morgan fingerprint density at radius 2 is 1.55 bits per heavy atom. The Morgan fingerprint density at radius 3 is 2.13 bits per heavy atom. The molecule has 4 rings (SSSR count). The molecule has 2 nitrogen and oxygen atoms in total. The Balaban J connectivity index is 1.70. The minimum Gasteiger partial charge on any atom is -0.327 e. The van der Waals surface area contributed by atoms with Gasteiger partial charge in [0, 0.05) is 17.0 Å². The molecule has 1 amide bonds. The van der Waals surface area contributed by atoms with E-state index in [1.54, 1.807) is 16.2 Å². The number of fused-ring (bicyclic) bond motifs is 1. The number of thiophene rings is 1.